The van der Waals surface area contributed by atoms with Crippen LogP contribution in [0.1, 0.15) is 16.7 Å². The number of aryl methyl sites for hydroxylation is 3. The van der Waals surface area contributed by atoms with Gasteiger partial charge >= 0.3 is 0 Å². The van der Waals surface area contributed by atoms with Crippen LogP contribution in [0.4, 0.5) is 0 Å². The Morgan fingerprint density at radius 3 is 2.00 bits per heavy atom. The van der Waals surface area contributed by atoms with Crippen molar-refractivity contribution in [1.29, 1.82) is 0 Å². The first kappa shape index (κ1) is 37.4. The second kappa shape index (κ2) is 16.3. The average molecular weight is 912 g/mol. The van der Waals surface area contributed by atoms with E-state index in [0.29, 0.717) is 0 Å². The molecule has 0 aliphatic heterocycles. The van der Waals surface area contributed by atoms with E-state index in [2.05, 4.69) is 151 Å². The van der Waals surface area contributed by atoms with Gasteiger partial charge in [-0.2, -0.15) is 0 Å². The summed E-state index contributed by atoms with van der Waals surface area (Å²) in [6.45, 7) is 6.26. The Kier molecular flexibility index (Phi) is 10.7. The molecule has 0 fully saturated rings. The van der Waals surface area contributed by atoms with Crippen LogP contribution in [0.3, 0.4) is 0 Å². The molecule has 0 aliphatic carbocycles. The van der Waals surface area contributed by atoms with Gasteiger partial charge in [0.05, 0.1) is 5.58 Å². The predicted molar refractivity (Wildman–Crippen MR) is 230 cm³/mol. The summed E-state index contributed by atoms with van der Waals surface area (Å²) in [5.41, 5.74) is 15.8. The van der Waals surface area contributed by atoms with E-state index in [1.807, 2.05) is 61.1 Å². The first-order chi connectivity index (χ1) is 27.5. The molecule has 4 aromatic heterocycles. The van der Waals surface area contributed by atoms with Crippen molar-refractivity contribution in [3.05, 3.63) is 199 Å². The normalized spacial score (nSPS) is 10.9. The number of rotatable bonds is 5. The minimum absolute atomic E-state index is 0. The summed E-state index contributed by atoms with van der Waals surface area (Å²) in [5, 5.41) is 4.46. The van der Waals surface area contributed by atoms with Gasteiger partial charge in [-0.05, 0) is 81.7 Å². The van der Waals surface area contributed by atoms with Crippen molar-refractivity contribution in [3.8, 4) is 55.9 Å². The fraction of sp³-hybridized carbons (Fsp3) is 0.0577. The van der Waals surface area contributed by atoms with E-state index in [-0.39, 0.29) is 20.1 Å². The molecule has 0 N–H and O–H groups in total. The van der Waals surface area contributed by atoms with Crippen LogP contribution in [0.5, 0.6) is 0 Å². The van der Waals surface area contributed by atoms with Gasteiger partial charge in [-0.1, -0.05) is 121 Å². The average Bonchev–Trinajstić information content (AvgIpc) is 3.65. The van der Waals surface area contributed by atoms with Crippen molar-refractivity contribution in [2.45, 2.75) is 20.8 Å². The first-order valence-corrected chi connectivity index (χ1v) is 18.7. The molecule has 4 nitrogen and oxygen atoms in total. The van der Waals surface area contributed by atoms with Crippen LogP contribution in [-0.2, 0) is 20.1 Å². The second-order valence-corrected chi connectivity index (χ2v) is 14.0. The topological polar surface area (TPSA) is 51.8 Å². The van der Waals surface area contributed by atoms with E-state index in [1.54, 1.807) is 6.20 Å². The monoisotopic (exact) mass is 912 g/mol. The molecule has 5 heteroatoms. The number of fused-ring (bicyclic) bond motifs is 4. The van der Waals surface area contributed by atoms with Gasteiger partial charge in [-0.25, -0.2) is 0 Å². The fourth-order valence-electron chi connectivity index (χ4n) is 7.45. The maximum atomic E-state index is 6.77. The summed E-state index contributed by atoms with van der Waals surface area (Å²) in [5.74, 6) is 0. The minimum atomic E-state index is 0. The number of pyridine rings is 3. The molecule has 0 aliphatic rings. The molecule has 4 heterocycles. The zero-order chi connectivity index (χ0) is 38.0. The molecule has 57 heavy (non-hydrogen) atoms. The van der Waals surface area contributed by atoms with Gasteiger partial charge in [0.25, 0.3) is 0 Å². The molecule has 0 saturated heterocycles. The van der Waals surface area contributed by atoms with Crippen LogP contribution in [0, 0.1) is 32.9 Å². The Balaban J connectivity index is 0.000000185. The molecular formula is C52H37IrN3O-2. The van der Waals surface area contributed by atoms with E-state index >= 15 is 0 Å². The number of aromatic nitrogens is 3. The number of hydrogen-bond acceptors (Lipinski definition) is 4. The van der Waals surface area contributed by atoms with Gasteiger partial charge in [0, 0.05) is 61.2 Å². The van der Waals surface area contributed by atoms with Gasteiger partial charge in [0.15, 0.2) is 0 Å². The molecule has 10 rings (SSSR count). The quantitative estimate of drug-likeness (QED) is 0.161. The van der Waals surface area contributed by atoms with Crippen LogP contribution in [0.2, 0.25) is 0 Å². The number of furan rings is 1. The van der Waals surface area contributed by atoms with Gasteiger partial charge in [0.1, 0.15) is 5.58 Å². The molecular weight excluding hydrogens is 875 g/mol. The molecule has 0 unspecified atom stereocenters. The maximum Gasteiger partial charge on any atom is 0.129 e. The molecule has 0 saturated carbocycles. The molecule has 0 bridgehead atoms. The maximum absolute atomic E-state index is 6.77. The molecule has 0 spiro atoms. The third kappa shape index (κ3) is 7.32. The van der Waals surface area contributed by atoms with Crippen molar-refractivity contribution < 1.29 is 24.5 Å². The molecule has 0 amide bonds. The van der Waals surface area contributed by atoms with Crippen molar-refractivity contribution in [1.82, 2.24) is 15.0 Å². The number of benzene rings is 6. The number of hydrogen-bond donors (Lipinski definition) is 0. The zero-order valence-corrected chi connectivity index (χ0v) is 34.1. The zero-order valence-electron chi connectivity index (χ0n) is 31.7. The largest absolute Gasteiger partial charge is 0.500 e. The summed E-state index contributed by atoms with van der Waals surface area (Å²) in [7, 11) is 0. The Morgan fingerprint density at radius 2 is 1.26 bits per heavy atom. The third-order valence-corrected chi connectivity index (χ3v) is 10.3. The second-order valence-electron chi connectivity index (χ2n) is 14.0. The van der Waals surface area contributed by atoms with Gasteiger partial charge in [-0.15, -0.1) is 53.6 Å². The third-order valence-electron chi connectivity index (χ3n) is 10.3. The Bertz CT molecular complexity index is 2980. The van der Waals surface area contributed by atoms with Gasteiger partial charge in [-0.3, -0.25) is 4.98 Å². The molecule has 277 valence electrons. The van der Waals surface area contributed by atoms with E-state index in [0.717, 1.165) is 77.7 Å². The van der Waals surface area contributed by atoms with Crippen LogP contribution in [0.15, 0.2) is 175 Å². The molecule has 6 aromatic carbocycles. The van der Waals surface area contributed by atoms with Crippen LogP contribution in [-0.4, -0.2) is 15.0 Å². The van der Waals surface area contributed by atoms with Gasteiger partial charge < -0.3 is 14.4 Å². The Morgan fingerprint density at radius 1 is 0.509 bits per heavy atom. The van der Waals surface area contributed by atoms with E-state index < -0.39 is 0 Å². The number of nitrogens with zero attached hydrogens (tertiary/aromatic N) is 3. The SMILES string of the molecule is Cc1c[c-]c(-c2cc(-c3ccccc3)c(C)cn2)cc1.Cc1cncc2c(-c3ccc(-c4ccccc4)c4c3oc3c(-c5ccccn5)[c-]ccc34)cccc12.[Ir]. The summed E-state index contributed by atoms with van der Waals surface area (Å²) in [6.07, 6.45) is 7.60. The van der Waals surface area contributed by atoms with E-state index in [1.165, 1.54) is 27.6 Å². The summed E-state index contributed by atoms with van der Waals surface area (Å²) < 4.78 is 6.77. The van der Waals surface area contributed by atoms with Crippen LogP contribution < -0.4 is 0 Å². The Labute approximate surface area is 346 Å². The van der Waals surface area contributed by atoms with Gasteiger partial charge in [0.2, 0.25) is 0 Å². The fourth-order valence-corrected chi connectivity index (χ4v) is 7.45. The molecule has 1 radical (unpaired) electrons. The Hall–Kier alpha value is -6.52. The van der Waals surface area contributed by atoms with Crippen molar-refractivity contribution in [3.63, 3.8) is 0 Å². The first-order valence-electron chi connectivity index (χ1n) is 18.7. The standard InChI is InChI=1S/C33H21N2O.C19H16N.Ir/c1-21-19-34-20-29-23(21)11-7-12-25(29)26-17-16-24(22-9-3-2-4-10-22)31-28-14-8-13-27(32(28)36-33(26)31)30-15-5-6-18-35-30;1-14-8-10-17(11-9-14)19-12-18(15(2)13-20-19)16-6-4-3-5-7-16;/h2-12,14-20H,1H3;3-10,12-13H,1-2H3;/q2*-1;. The van der Waals surface area contributed by atoms with Crippen molar-refractivity contribution in [2.24, 2.45) is 0 Å². The van der Waals surface area contributed by atoms with Crippen LogP contribution in [0.25, 0.3) is 88.6 Å². The predicted octanol–water partition coefficient (Wildman–Crippen LogP) is 13.5. The molecule has 0 atom stereocenters. The molecule has 10 aromatic rings. The summed E-state index contributed by atoms with van der Waals surface area (Å²) in [6, 6.07) is 56.6. The van der Waals surface area contributed by atoms with Crippen LogP contribution >= 0.6 is 0 Å². The van der Waals surface area contributed by atoms with E-state index in [4.69, 9.17) is 4.42 Å². The van der Waals surface area contributed by atoms with Crippen molar-refractivity contribution >= 4 is 32.7 Å². The minimum Gasteiger partial charge on any atom is -0.500 e. The van der Waals surface area contributed by atoms with E-state index in [9.17, 15) is 0 Å². The summed E-state index contributed by atoms with van der Waals surface area (Å²) in [4.78, 5) is 13.6. The smallest absolute Gasteiger partial charge is 0.129 e. The van der Waals surface area contributed by atoms with Crippen molar-refractivity contribution in [2.75, 3.05) is 0 Å². The summed E-state index contributed by atoms with van der Waals surface area (Å²) >= 11 is 0.